The Hall–Kier alpha value is -1.55. The monoisotopic (exact) mass is 387 g/mol. The molecule has 0 saturated carbocycles. The number of rotatable bonds is 7. The van der Waals surface area contributed by atoms with E-state index in [0.717, 1.165) is 11.3 Å². The van der Waals surface area contributed by atoms with E-state index in [9.17, 15) is 9.77 Å². The van der Waals surface area contributed by atoms with Gasteiger partial charge in [-0.2, -0.15) is 0 Å². The number of anilines is 1. The van der Waals surface area contributed by atoms with Crippen molar-refractivity contribution in [2.45, 2.75) is 39.9 Å². The SMILES string of the molecule is CC(C)OP(=O)(OC(C)C)c1nn(-c2ccc(N([O-])O)cc2)c(=N)s1. The van der Waals surface area contributed by atoms with Gasteiger partial charge in [0.15, 0.2) is 0 Å². The van der Waals surface area contributed by atoms with Crippen LogP contribution in [0, 0.1) is 10.6 Å². The molecule has 2 aromatic rings. The largest absolute Gasteiger partial charge is 0.733 e. The average molecular weight is 387 g/mol. The van der Waals surface area contributed by atoms with Crippen LogP contribution in [0.5, 0.6) is 0 Å². The Kier molecular flexibility index (Phi) is 6.15. The molecule has 0 aliphatic heterocycles. The third-order valence-corrected chi connectivity index (χ3v) is 6.35. The van der Waals surface area contributed by atoms with Gasteiger partial charge in [0.1, 0.15) is 0 Å². The Morgan fingerprint density at radius 3 is 2.20 bits per heavy atom. The Morgan fingerprint density at radius 2 is 1.76 bits per heavy atom. The first-order valence-electron chi connectivity index (χ1n) is 7.51. The second-order valence-electron chi connectivity index (χ2n) is 5.70. The van der Waals surface area contributed by atoms with Gasteiger partial charge in [0, 0.05) is 0 Å². The zero-order chi connectivity index (χ0) is 18.8. The summed E-state index contributed by atoms with van der Waals surface area (Å²) in [7, 11) is -3.67. The smallest absolute Gasteiger partial charge is 0.392 e. The molecule has 0 aliphatic carbocycles. The fourth-order valence-electron chi connectivity index (χ4n) is 1.96. The van der Waals surface area contributed by atoms with Crippen molar-refractivity contribution in [3.05, 3.63) is 34.3 Å². The van der Waals surface area contributed by atoms with E-state index in [-0.39, 0.29) is 32.7 Å². The van der Waals surface area contributed by atoms with Crippen molar-refractivity contribution in [3.63, 3.8) is 0 Å². The summed E-state index contributed by atoms with van der Waals surface area (Å²) in [6.07, 6.45) is -0.689. The lowest BCUT2D eigenvalue weighted by Crippen LogP contribution is -2.18. The summed E-state index contributed by atoms with van der Waals surface area (Å²) in [6.45, 7) is 6.95. The number of hydrogen-bond acceptors (Lipinski definition) is 9. The lowest BCUT2D eigenvalue weighted by atomic mass is 10.3. The van der Waals surface area contributed by atoms with Crippen LogP contribution in [0.15, 0.2) is 24.3 Å². The minimum absolute atomic E-state index is 0.0191. The molecule has 1 aromatic carbocycles. The van der Waals surface area contributed by atoms with Gasteiger partial charge in [0.2, 0.25) is 9.55 Å². The zero-order valence-electron chi connectivity index (χ0n) is 14.2. The van der Waals surface area contributed by atoms with Crippen LogP contribution < -0.4 is 14.8 Å². The number of aromatic nitrogens is 2. The minimum Gasteiger partial charge on any atom is -0.733 e. The van der Waals surface area contributed by atoms with E-state index in [2.05, 4.69) is 5.10 Å². The van der Waals surface area contributed by atoms with Crippen LogP contribution in [0.1, 0.15) is 27.7 Å². The lowest BCUT2D eigenvalue weighted by Gasteiger charge is -2.21. The Balaban J connectivity index is 2.43. The maximum Gasteiger partial charge on any atom is 0.392 e. The first kappa shape index (κ1) is 19.8. The predicted molar refractivity (Wildman–Crippen MR) is 94.6 cm³/mol. The zero-order valence-corrected chi connectivity index (χ0v) is 16.0. The van der Waals surface area contributed by atoms with Crippen molar-refractivity contribution in [3.8, 4) is 5.69 Å². The number of nitrogens with zero attached hydrogens (tertiary/aromatic N) is 3. The van der Waals surface area contributed by atoms with Crippen molar-refractivity contribution < 1.29 is 18.8 Å². The summed E-state index contributed by atoms with van der Waals surface area (Å²) in [5.74, 6) is 0. The quantitative estimate of drug-likeness (QED) is 0.553. The molecule has 0 unspecified atom stereocenters. The lowest BCUT2D eigenvalue weighted by molar-refractivity contribution is 0.150. The molecule has 9 nitrogen and oxygen atoms in total. The second-order valence-corrected chi connectivity index (χ2v) is 8.82. The van der Waals surface area contributed by atoms with Gasteiger partial charge in [0.25, 0.3) is 0 Å². The second kappa shape index (κ2) is 7.77. The van der Waals surface area contributed by atoms with Crippen LogP contribution in [0.3, 0.4) is 0 Å². The molecule has 0 spiro atoms. The van der Waals surface area contributed by atoms with Crippen LogP contribution in [-0.2, 0) is 13.6 Å². The van der Waals surface area contributed by atoms with E-state index in [0.29, 0.717) is 5.69 Å². The number of hydrogen-bond donors (Lipinski definition) is 2. The summed E-state index contributed by atoms with van der Waals surface area (Å²) >= 11 is 0.894. The molecule has 1 aromatic heterocycles. The summed E-state index contributed by atoms with van der Waals surface area (Å²) in [4.78, 5) is 0.0191. The number of benzene rings is 1. The molecule has 2 N–H and O–H groups in total. The minimum atomic E-state index is -3.67. The van der Waals surface area contributed by atoms with Gasteiger partial charge >= 0.3 is 7.60 Å². The fraction of sp³-hybridized carbons (Fsp3) is 0.429. The fourth-order valence-corrected chi connectivity index (χ4v) is 4.99. The third kappa shape index (κ3) is 4.75. The van der Waals surface area contributed by atoms with Crippen LogP contribution in [0.4, 0.5) is 5.69 Å². The molecule has 138 valence electrons. The molecule has 0 fully saturated rings. The Bertz CT molecular complexity index is 801. The van der Waals surface area contributed by atoms with Crippen LogP contribution in [0.25, 0.3) is 5.69 Å². The first-order chi connectivity index (χ1) is 11.6. The van der Waals surface area contributed by atoms with E-state index in [1.54, 1.807) is 27.7 Å². The molecule has 2 rings (SSSR count). The van der Waals surface area contributed by atoms with E-state index in [1.165, 1.54) is 28.9 Å². The molecule has 0 bridgehead atoms. The van der Waals surface area contributed by atoms with Crippen LogP contribution in [-0.4, -0.2) is 27.2 Å². The van der Waals surface area contributed by atoms with E-state index < -0.39 is 7.60 Å². The average Bonchev–Trinajstić information content (AvgIpc) is 2.88. The molecule has 0 saturated heterocycles. The highest BCUT2D eigenvalue weighted by Gasteiger charge is 2.35. The molecular weight excluding hydrogens is 367 g/mol. The van der Waals surface area contributed by atoms with Gasteiger partial charge in [-0.25, -0.2) is 4.68 Å². The molecule has 0 aliphatic rings. The first-order valence-corrected chi connectivity index (χ1v) is 9.87. The predicted octanol–water partition coefficient (Wildman–Crippen LogP) is 2.78. The maximum absolute atomic E-state index is 13.1. The third-order valence-electron chi connectivity index (χ3n) is 2.81. The topological polar surface area (TPSA) is 124 Å². The van der Waals surface area contributed by atoms with Crippen molar-refractivity contribution in [1.29, 1.82) is 5.41 Å². The molecule has 0 atom stereocenters. The van der Waals surface area contributed by atoms with E-state index >= 15 is 0 Å². The molecule has 25 heavy (non-hydrogen) atoms. The maximum atomic E-state index is 13.1. The van der Waals surface area contributed by atoms with Gasteiger partial charge in [0.05, 0.1) is 23.6 Å². The molecular formula is C14H20N4O5PS-. The van der Waals surface area contributed by atoms with E-state index in [4.69, 9.17) is 19.7 Å². The van der Waals surface area contributed by atoms with Gasteiger partial charge in [-0.1, -0.05) is 11.3 Å². The normalized spacial score (nSPS) is 12.2. The van der Waals surface area contributed by atoms with Crippen molar-refractivity contribution in [2.75, 3.05) is 5.23 Å². The summed E-state index contributed by atoms with van der Waals surface area (Å²) in [5, 5.41) is 31.7. The van der Waals surface area contributed by atoms with Gasteiger partial charge in [-0.3, -0.25) is 15.2 Å². The Morgan fingerprint density at radius 1 is 1.24 bits per heavy atom. The molecule has 1 heterocycles. The van der Waals surface area contributed by atoms with Crippen molar-refractivity contribution in [1.82, 2.24) is 9.78 Å². The summed E-state index contributed by atoms with van der Waals surface area (Å²) < 4.78 is 25.4. The highest BCUT2D eigenvalue weighted by Crippen LogP contribution is 2.49. The van der Waals surface area contributed by atoms with Crippen molar-refractivity contribution >= 4 is 29.4 Å². The van der Waals surface area contributed by atoms with Gasteiger partial charge in [-0.05, 0) is 52.0 Å². The molecule has 11 heteroatoms. The standard InChI is InChI=1S/C14H20N4O5PS/c1-9(2)22-24(21,23-10(3)4)14-16-17(13(15)25-14)11-5-7-12(8-6-11)18(19)20/h5-10,15,19H,1-4H3/q-1. The highest BCUT2D eigenvalue weighted by atomic mass is 32.1. The molecule has 0 radical (unpaired) electrons. The number of nitrogens with one attached hydrogen (secondary N) is 1. The van der Waals surface area contributed by atoms with Crippen LogP contribution >= 0.6 is 18.9 Å². The summed E-state index contributed by atoms with van der Waals surface area (Å²) in [6, 6.07) is 5.77. The van der Waals surface area contributed by atoms with Gasteiger partial charge in [-0.15, -0.1) is 5.10 Å². The van der Waals surface area contributed by atoms with E-state index in [1.807, 2.05) is 0 Å². The Labute approximate surface area is 149 Å². The van der Waals surface area contributed by atoms with Crippen molar-refractivity contribution in [2.24, 2.45) is 0 Å². The van der Waals surface area contributed by atoms with Crippen LogP contribution in [0.2, 0.25) is 0 Å². The highest BCUT2D eigenvalue weighted by molar-refractivity contribution is 7.68. The van der Waals surface area contributed by atoms with Gasteiger partial charge < -0.3 is 19.5 Å². The molecule has 0 amide bonds. The summed E-state index contributed by atoms with van der Waals surface area (Å²) in [5.41, 5.74) is 0.516.